The van der Waals surface area contributed by atoms with Gasteiger partial charge in [-0.25, -0.2) is 4.39 Å². The van der Waals surface area contributed by atoms with Gasteiger partial charge < -0.3 is 19.1 Å². The molecular formula is C27H33ClFN3O2. The molecule has 2 aliphatic rings. The highest BCUT2D eigenvalue weighted by molar-refractivity contribution is 6.07. The summed E-state index contributed by atoms with van der Waals surface area (Å²) in [5.41, 5.74) is 3.79. The van der Waals surface area contributed by atoms with Crippen molar-refractivity contribution in [3.8, 4) is 5.75 Å². The van der Waals surface area contributed by atoms with E-state index in [2.05, 4.69) is 11.1 Å². The van der Waals surface area contributed by atoms with Gasteiger partial charge >= 0.3 is 0 Å². The summed E-state index contributed by atoms with van der Waals surface area (Å²) in [6.45, 7) is 7.55. The first-order chi connectivity index (χ1) is 15.8. The summed E-state index contributed by atoms with van der Waals surface area (Å²) < 4.78 is 21.1. The standard InChI is InChI=1S/C27H32FN3O2.ClH/c1-27(2)23-16-20(33-4)6-8-24(23)31(26(27)32)14-13-30-11-9-18(10-12-30)22-17-29(3)25-15-19(28)5-7-21(22)25;/h5-8,15-18H,9-14H2,1-4H3;1H. The van der Waals surface area contributed by atoms with Crippen LogP contribution >= 0.6 is 12.4 Å². The van der Waals surface area contributed by atoms with Crippen molar-refractivity contribution < 1.29 is 13.9 Å². The van der Waals surface area contributed by atoms with Gasteiger partial charge in [-0.2, -0.15) is 0 Å². The zero-order valence-corrected chi connectivity index (χ0v) is 21.1. The molecule has 2 aromatic carbocycles. The maximum Gasteiger partial charge on any atom is 0.237 e. The maximum atomic E-state index is 13.7. The molecule has 0 bridgehead atoms. The van der Waals surface area contributed by atoms with Gasteiger partial charge in [0.2, 0.25) is 5.91 Å². The normalized spacial score (nSPS) is 18.3. The van der Waals surface area contributed by atoms with Crippen molar-refractivity contribution in [3.63, 3.8) is 0 Å². The number of fused-ring (bicyclic) bond motifs is 2. The minimum absolute atomic E-state index is 0. The number of hydrogen-bond acceptors (Lipinski definition) is 3. The molecule has 2 aliphatic heterocycles. The first-order valence-corrected chi connectivity index (χ1v) is 11.8. The van der Waals surface area contributed by atoms with Gasteiger partial charge in [-0.1, -0.05) is 0 Å². The molecule has 0 saturated carbocycles. The third-order valence-electron chi connectivity index (χ3n) is 7.60. The zero-order valence-electron chi connectivity index (χ0n) is 20.3. The Bertz CT molecular complexity index is 1210. The summed E-state index contributed by atoms with van der Waals surface area (Å²) in [6, 6.07) is 11.0. The number of carbonyl (C=O) groups is 1. The Hall–Kier alpha value is -2.57. The van der Waals surface area contributed by atoms with E-state index in [4.69, 9.17) is 4.74 Å². The largest absolute Gasteiger partial charge is 0.497 e. The van der Waals surface area contributed by atoms with Crippen molar-refractivity contribution in [1.82, 2.24) is 9.47 Å². The second-order valence-electron chi connectivity index (χ2n) is 9.94. The molecule has 5 rings (SSSR count). The number of piperidine rings is 1. The third-order valence-corrected chi connectivity index (χ3v) is 7.60. The number of nitrogens with zero attached hydrogens (tertiary/aromatic N) is 3. The highest BCUT2D eigenvalue weighted by Gasteiger charge is 2.44. The van der Waals surface area contributed by atoms with Gasteiger partial charge in [-0.3, -0.25) is 4.79 Å². The molecule has 34 heavy (non-hydrogen) atoms. The van der Waals surface area contributed by atoms with Crippen molar-refractivity contribution >= 4 is 34.9 Å². The number of anilines is 1. The first-order valence-electron chi connectivity index (χ1n) is 11.8. The van der Waals surface area contributed by atoms with Gasteiger partial charge in [0.05, 0.1) is 18.0 Å². The summed E-state index contributed by atoms with van der Waals surface area (Å²) in [6.07, 6.45) is 4.31. The number of halogens is 2. The average molecular weight is 486 g/mol. The van der Waals surface area contributed by atoms with Gasteiger partial charge in [0.1, 0.15) is 11.6 Å². The lowest BCUT2D eigenvalue weighted by molar-refractivity contribution is -0.122. The summed E-state index contributed by atoms with van der Waals surface area (Å²) in [4.78, 5) is 17.6. The molecule has 0 unspecified atom stereocenters. The molecule has 7 heteroatoms. The number of amides is 1. The van der Waals surface area contributed by atoms with Gasteiger partial charge in [0, 0.05) is 37.4 Å². The molecule has 5 nitrogen and oxygen atoms in total. The highest BCUT2D eigenvalue weighted by atomic mass is 35.5. The number of benzene rings is 2. The van der Waals surface area contributed by atoms with Gasteiger partial charge in [0.15, 0.2) is 0 Å². The maximum absolute atomic E-state index is 13.7. The number of rotatable bonds is 5. The van der Waals surface area contributed by atoms with E-state index in [1.54, 1.807) is 19.2 Å². The molecule has 0 atom stereocenters. The molecule has 1 aromatic heterocycles. The minimum atomic E-state index is -0.537. The topological polar surface area (TPSA) is 37.7 Å². The monoisotopic (exact) mass is 485 g/mol. The lowest BCUT2D eigenvalue weighted by atomic mass is 9.86. The Balaban J connectivity index is 0.00000274. The van der Waals surface area contributed by atoms with Crippen LogP contribution in [0.5, 0.6) is 5.75 Å². The molecule has 1 fully saturated rings. The molecule has 182 valence electrons. The van der Waals surface area contributed by atoms with Crippen molar-refractivity contribution in [2.75, 3.05) is 38.2 Å². The number of aromatic nitrogens is 1. The van der Waals surface area contributed by atoms with Gasteiger partial charge in [0.25, 0.3) is 0 Å². The molecule has 1 saturated heterocycles. The Kier molecular flexibility index (Phi) is 6.67. The number of methoxy groups -OCH3 is 1. The molecule has 3 heterocycles. The Morgan fingerprint density at radius 2 is 1.82 bits per heavy atom. The molecule has 0 radical (unpaired) electrons. The molecular weight excluding hydrogens is 453 g/mol. The van der Waals surface area contributed by atoms with Crippen LogP contribution in [0.15, 0.2) is 42.6 Å². The van der Waals surface area contributed by atoms with Crippen molar-refractivity contribution in [1.29, 1.82) is 0 Å². The van der Waals surface area contributed by atoms with Gasteiger partial charge in [-0.15, -0.1) is 12.4 Å². The van der Waals surface area contributed by atoms with E-state index in [-0.39, 0.29) is 24.1 Å². The number of hydrogen-bond donors (Lipinski definition) is 0. The SMILES string of the molecule is COc1ccc2c(c1)C(C)(C)C(=O)N2CCN1CCC(c2cn(C)c3cc(F)ccc23)CC1.Cl. The smallest absolute Gasteiger partial charge is 0.237 e. The predicted molar refractivity (Wildman–Crippen MR) is 137 cm³/mol. The summed E-state index contributed by atoms with van der Waals surface area (Å²) in [7, 11) is 3.64. The van der Waals surface area contributed by atoms with E-state index in [0.717, 1.165) is 60.4 Å². The number of ether oxygens (including phenoxy) is 1. The summed E-state index contributed by atoms with van der Waals surface area (Å²) in [5.74, 6) is 1.24. The first kappa shape index (κ1) is 24.6. The van der Waals surface area contributed by atoms with E-state index in [0.29, 0.717) is 12.5 Å². The third kappa shape index (κ3) is 4.07. The zero-order chi connectivity index (χ0) is 23.3. The van der Waals surface area contributed by atoms with E-state index in [9.17, 15) is 9.18 Å². The predicted octanol–water partition coefficient (Wildman–Crippen LogP) is 5.25. The fourth-order valence-corrected chi connectivity index (χ4v) is 5.58. The number of likely N-dealkylation sites (tertiary alicyclic amines) is 1. The van der Waals surface area contributed by atoms with E-state index >= 15 is 0 Å². The Morgan fingerprint density at radius 3 is 2.53 bits per heavy atom. The minimum Gasteiger partial charge on any atom is -0.497 e. The molecule has 0 spiro atoms. The van der Waals surface area contributed by atoms with Crippen molar-refractivity contribution in [2.24, 2.45) is 7.05 Å². The average Bonchev–Trinajstić information content (AvgIpc) is 3.23. The van der Waals surface area contributed by atoms with E-state index in [1.807, 2.05) is 54.6 Å². The molecule has 1 amide bonds. The molecule has 0 N–H and O–H groups in total. The van der Waals surface area contributed by atoms with Crippen LogP contribution in [-0.4, -0.2) is 48.7 Å². The van der Waals surface area contributed by atoms with Crippen LogP contribution in [0.2, 0.25) is 0 Å². The Morgan fingerprint density at radius 1 is 1.09 bits per heavy atom. The fourth-order valence-electron chi connectivity index (χ4n) is 5.58. The van der Waals surface area contributed by atoms with E-state index < -0.39 is 5.41 Å². The fraction of sp³-hybridized carbons (Fsp3) is 0.444. The lowest BCUT2D eigenvalue weighted by Crippen LogP contribution is -2.43. The number of aryl methyl sites for hydroxylation is 1. The van der Waals surface area contributed by atoms with Gasteiger partial charge in [-0.05, 0) is 93.2 Å². The van der Waals surface area contributed by atoms with Crippen LogP contribution < -0.4 is 9.64 Å². The lowest BCUT2D eigenvalue weighted by Gasteiger charge is -2.33. The summed E-state index contributed by atoms with van der Waals surface area (Å²) in [5, 5.41) is 1.16. The van der Waals surface area contributed by atoms with Crippen LogP contribution in [-0.2, 0) is 17.3 Å². The van der Waals surface area contributed by atoms with Crippen molar-refractivity contribution in [3.05, 3.63) is 59.5 Å². The molecule has 0 aliphatic carbocycles. The Labute approximate surface area is 206 Å². The quantitative estimate of drug-likeness (QED) is 0.495. The molecule has 3 aromatic rings. The van der Waals surface area contributed by atoms with Crippen LogP contribution in [0.1, 0.15) is 43.7 Å². The van der Waals surface area contributed by atoms with Crippen LogP contribution in [0, 0.1) is 5.82 Å². The van der Waals surface area contributed by atoms with Crippen LogP contribution in [0.25, 0.3) is 10.9 Å². The van der Waals surface area contributed by atoms with E-state index in [1.165, 1.54) is 5.56 Å². The number of carbonyl (C=O) groups excluding carboxylic acids is 1. The highest BCUT2D eigenvalue weighted by Crippen LogP contribution is 2.43. The summed E-state index contributed by atoms with van der Waals surface area (Å²) >= 11 is 0. The van der Waals surface area contributed by atoms with Crippen molar-refractivity contribution in [2.45, 2.75) is 38.0 Å². The van der Waals surface area contributed by atoms with Crippen LogP contribution in [0.4, 0.5) is 10.1 Å². The van der Waals surface area contributed by atoms with Crippen LogP contribution in [0.3, 0.4) is 0 Å². The second-order valence-corrected chi connectivity index (χ2v) is 9.94. The second kappa shape index (κ2) is 9.23.